The van der Waals surface area contributed by atoms with Gasteiger partial charge in [-0.3, -0.25) is 0 Å². The van der Waals surface area contributed by atoms with Gasteiger partial charge in [-0.1, -0.05) is 23.2 Å². The summed E-state index contributed by atoms with van der Waals surface area (Å²) in [5.41, 5.74) is 0.843. The molecule has 0 aliphatic carbocycles. The molecule has 0 saturated carbocycles. The molecular formula is C16H20Cl3NO2. The standard InChI is InChI=1S/C16H19Cl2NO2.ClH/c17-12-4-6-14(15(18)10-12)16-7-5-13(21-16)11-19-8-2-1-3-9-20;/h4-7,10,19-20H,1-3,8-9,11H2;1H. The second-order valence-electron chi connectivity index (χ2n) is 4.85. The molecule has 0 fully saturated rings. The van der Waals surface area contributed by atoms with Crippen molar-refractivity contribution in [2.45, 2.75) is 25.8 Å². The molecule has 122 valence electrons. The second kappa shape index (κ2) is 10.1. The highest BCUT2D eigenvalue weighted by Gasteiger charge is 2.09. The lowest BCUT2D eigenvalue weighted by atomic mass is 10.2. The number of hydrogen-bond acceptors (Lipinski definition) is 3. The van der Waals surface area contributed by atoms with Gasteiger partial charge in [-0.05, 0) is 56.1 Å². The number of halogens is 3. The van der Waals surface area contributed by atoms with Gasteiger partial charge in [-0.15, -0.1) is 12.4 Å². The summed E-state index contributed by atoms with van der Waals surface area (Å²) in [6.07, 6.45) is 2.95. The van der Waals surface area contributed by atoms with Crippen molar-refractivity contribution in [2.75, 3.05) is 13.2 Å². The third-order valence-electron chi connectivity index (χ3n) is 3.17. The van der Waals surface area contributed by atoms with Crippen molar-refractivity contribution in [3.8, 4) is 11.3 Å². The summed E-state index contributed by atoms with van der Waals surface area (Å²) < 4.78 is 5.79. The SMILES string of the molecule is Cl.OCCCCCNCc1ccc(-c2ccc(Cl)cc2Cl)o1. The fourth-order valence-electron chi connectivity index (χ4n) is 2.06. The molecule has 2 aromatic rings. The predicted molar refractivity (Wildman–Crippen MR) is 94.1 cm³/mol. The summed E-state index contributed by atoms with van der Waals surface area (Å²) in [7, 11) is 0. The number of furan rings is 1. The van der Waals surface area contributed by atoms with Gasteiger partial charge in [0.25, 0.3) is 0 Å². The fourth-order valence-corrected chi connectivity index (χ4v) is 2.56. The van der Waals surface area contributed by atoms with Crippen molar-refractivity contribution in [3.63, 3.8) is 0 Å². The highest BCUT2D eigenvalue weighted by Crippen LogP contribution is 2.31. The van der Waals surface area contributed by atoms with Crippen LogP contribution in [-0.2, 0) is 6.54 Å². The van der Waals surface area contributed by atoms with Crippen molar-refractivity contribution in [1.82, 2.24) is 5.32 Å². The van der Waals surface area contributed by atoms with Crippen LogP contribution >= 0.6 is 35.6 Å². The number of rotatable bonds is 8. The molecule has 3 nitrogen and oxygen atoms in total. The molecule has 0 unspecified atom stereocenters. The first kappa shape index (κ1) is 19.3. The number of aliphatic hydroxyl groups is 1. The Morgan fingerprint density at radius 2 is 1.86 bits per heavy atom. The average molecular weight is 365 g/mol. The van der Waals surface area contributed by atoms with Crippen LogP contribution in [0.25, 0.3) is 11.3 Å². The van der Waals surface area contributed by atoms with Crippen LogP contribution in [0.3, 0.4) is 0 Å². The summed E-state index contributed by atoms with van der Waals surface area (Å²) >= 11 is 12.1. The van der Waals surface area contributed by atoms with E-state index in [2.05, 4.69) is 5.32 Å². The number of nitrogens with one attached hydrogen (secondary N) is 1. The normalized spacial score (nSPS) is 10.5. The van der Waals surface area contributed by atoms with Crippen LogP contribution in [0.5, 0.6) is 0 Å². The molecule has 2 N–H and O–H groups in total. The Morgan fingerprint density at radius 1 is 1.05 bits per heavy atom. The first-order valence-corrected chi connectivity index (χ1v) is 7.82. The molecule has 0 spiro atoms. The maximum absolute atomic E-state index is 8.70. The minimum absolute atomic E-state index is 0. The highest BCUT2D eigenvalue weighted by atomic mass is 35.5. The zero-order valence-electron chi connectivity index (χ0n) is 12.1. The van der Waals surface area contributed by atoms with Crippen LogP contribution in [0.4, 0.5) is 0 Å². The Hall–Kier alpha value is -0.710. The molecule has 22 heavy (non-hydrogen) atoms. The van der Waals surface area contributed by atoms with Crippen LogP contribution in [0.2, 0.25) is 10.0 Å². The van der Waals surface area contributed by atoms with E-state index in [0.717, 1.165) is 42.9 Å². The van der Waals surface area contributed by atoms with Gasteiger partial charge in [0.2, 0.25) is 0 Å². The predicted octanol–water partition coefficient (Wildman–Crippen LogP) is 4.93. The zero-order valence-corrected chi connectivity index (χ0v) is 14.5. The largest absolute Gasteiger partial charge is 0.460 e. The topological polar surface area (TPSA) is 45.4 Å². The average Bonchev–Trinajstić information content (AvgIpc) is 2.91. The zero-order chi connectivity index (χ0) is 15.1. The third kappa shape index (κ3) is 5.82. The summed E-state index contributed by atoms with van der Waals surface area (Å²) in [4.78, 5) is 0. The van der Waals surface area contributed by atoms with Crippen LogP contribution < -0.4 is 5.32 Å². The van der Waals surface area contributed by atoms with Crippen molar-refractivity contribution in [3.05, 3.63) is 46.1 Å². The van der Waals surface area contributed by atoms with Crippen LogP contribution in [0, 0.1) is 0 Å². The molecule has 6 heteroatoms. The molecule has 0 amide bonds. The lowest BCUT2D eigenvalue weighted by Crippen LogP contribution is -2.14. The molecule has 0 atom stereocenters. The van der Waals surface area contributed by atoms with E-state index in [-0.39, 0.29) is 19.0 Å². The van der Waals surface area contributed by atoms with Crippen molar-refractivity contribution < 1.29 is 9.52 Å². The van der Waals surface area contributed by atoms with E-state index in [9.17, 15) is 0 Å². The van der Waals surface area contributed by atoms with E-state index in [1.165, 1.54) is 0 Å². The van der Waals surface area contributed by atoms with Gasteiger partial charge in [0.1, 0.15) is 11.5 Å². The van der Waals surface area contributed by atoms with Crippen molar-refractivity contribution in [2.24, 2.45) is 0 Å². The summed E-state index contributed by atoms with van der Waals surface area (Å²) in [6.45, 7) is 1.87. The van der Waals surface area contributed by atoms with Gasteiger partial charge in [0.05, 0.1) is 11.6 Å². The quantitative estimate of drug-likeness (QED) is 0.653. The van der Waals surface area contributed by atoms with Gasteiger partial charge in [0.15, 0.2) is 0 Å². The number of benzene rings is 1. The Bertz CT molecular complexity index is 572. The number of hydrogen-bond donors (Lipinski definition) is 2. The van der Waals surface area contributed by atoms with Gasteiger partial charge in [0, 0.05) is 17.2 Å². The van der Waals surface area contributed by atoms with Gasteiger partial charge in [-0.2, -0.15) is 0 Å². The molecule has 0 saturated heterocycles. The summed E-state index contributed by atoms with van der Waals surface area (Å²) in [5.74, 6) is 1.62. The minimum Gasteiger partial charge on any atom is -0.460 e. The number of unbranched alkanes of at least 4 members (excludes halogenated alkanes) is 2. The second-order valence-corrected chi connectivity index (χ2v) is 5.69. The van der Waals surface area contributed by atoms with E-state index in [1.807, 2.05) is 18.2 Å². The van der Waals surface area contributed by atoms with E-state index >= 15 is 0 Å². The lowest BCUT2D eigenvalue weighted by molar-refractivity contribution is 0.282. The van der Waals surface area contributed by atoms with E-state index in [4.69, 9.17) is 32.7 Å². The lowest BCUT2D eigenvalue weighted by Gasteiger charge is -2.03. The van der Waals surface area contributed by atoms with Crippen LogP contribution in [0.1, 0.15) is 25.0 Å². The molecule has 0 aliphatic rings. The summed E-state index contributed by atoms with van der Waals surface area (Å²) in [5, 5.41) is 13.2. The maximum Gasteiger partial charge on any atom is 0.135 e. The molecule has 0 radical (unpaired) electrons. The van der Waals surface area contributed by atoms with E-state index in [1.54, 1.807) is 12.1 Å². The Labute approximate surface area is 147 Å². The van der Waals surface area contributed by atoms with Crippen molar-refractivity contribution in [1.29, 1.82) is 0 Å². The Kier molecular flexibility index (Phi) is 8.91. The Morgan fingerprint density at radius 3 is 2.59 bits per heavy atom. The molecule has 0 aliphatic heterocycles. The fraction of sp³-hybridized carbons (Fsp3) is 0.375. The highest BCUT2D eigenvalue weighted by molar-refractivity contribution is 6.36. The van der Waals surface area contributed by atoms with Crippen molar-refractivity contribution >= 4 is 35.6 Å². The molecule has 1 aromatic carbocycles. The first-order chi connectivity index (χ1) is 10.2. The third-order valence-corrected chi connectivity index (χ3v) is 3.72. The van der Waals surface area contributed by atoms with Gasteiger partial charge >= 0.3 is 0 Å². The smallest absolute Gasteiger partial charge is 0.135 e. The molecule has 0 bridgehead atoms. The number of aliphatic hydroxyl groups excluding tert-OH is 1. The van der Waals surface area contributed by atoms with Gasteiger partial charge in [-0.25, -0.2) is 0 Å². The van der Waals surface area contributed by atoms with E-state index in [0.29, 0.717) is 16.6 Å². The monoisotopic (exact) mass is 363 g/mol. The minimum atomic E-state index is 0. The van der Waals surface area contributed by atoms with E-state index < -0.39 is 0 Å². The first-order valence-electron chi connectivity index (χ1n) is 7.06. The maximum atomic E-state index is 8.70. The van der Waals surface area contributed by atoms with Crippen LogP contribution in [-0.4, -0.2) is 18.3 Å². The van der Waals surface area contributed by atoms with Gasteiger partial charge < -0.3 is 14.8 Å². The Balaban J connectivity index is 0.00000242. The molecular weight excluding hydrogens is 345 g/mol. The molecule has 1 heterocycles. The molecule has 1 aromatic heterocycles. The van der Waals surface area contributed by atoms with Crippen LogP contribution in [0.15, 0.2) is 34.7 Å². The molecule has 2 rings (SSSR count). The summed E-state index contributed by atoms with van der Waals surface area (Å²) in [6, 6.07) is 9.22.